The molecule has 2 aromatic carbocycles. The van der Waals surface area contributed by atoms with Gasteiger partial charge in [0, 0.05) is 23.7 Å². The summed E-state index contributed by atoms with van der Waals surface area (Å²) in [6, 6.07) is 10.2. The number of nitrogens with one attached hydrogen (secondary N) is 1. The van der Waals surface area contributed by atoms with Gasteiger partial charge in [0.25, 0.3) is 5.69 Å². The summed E-state index contributed by atoms with van der Waals surface area (Å²) in [6.07, 6.45) is 0.785. The van der Waals surface area contributed by atoms with Crippen molar-refractivity contribution in [1.29, 1.82) is 0 Å². The molecule has 2 aromatic rings. The summed E-state index contributed by atoms with van der Waals surface area (Å²) < 4.78 is 10.5. The molecule has 2 rings (SSSR count). The Morgan fingerprint density at radius 2 is 1.88 bits per heavy atom. The molecule has 0 aliphatic rings. The van der Waals surface area contributed by atoms with E-state index in [2.05, 4.69) is 5.32 Å². The number of non-ortho nitro benzene ring substituents is 1. The second kappa shape index (κ2) is 8.52. The predicted molar refractivity (Wildman–Crippen MR) is 93.1 cm³/mol. The van der Waals surface area contributed by atoms with Gasteiger partial charge in [-0.05, 0) is 42.3 Å². The summed E-state index contributed by atoms with van der Waals surface area (Å²) in [6.45, 7) is 1.17. The first kappa shape index (κ1) is 18.0. The molecule has 7 heteroatoms. The lowest BCUT2D eigenvalue weighted by molar-refractivity contribution is -0.384. The Bertz CT molecular complexity index is 722. The average molecular weight is 351 g/mol. The number of methoxy groups -OCH3 is 2. The van der Waals surface area contributed by atoms with E-state index >= 15 is 0 Å². The topological polar surface area (TPSA) is 73.6 Å². The van der Waals surface area contributed by atoms with Crippen molar-refractivity contribution in [1.82, 2.24) is 5.32 Å². The molecule has 0 fully saturated rings. The van der Waals surface area contributed by atoms with Gasteiger partial charge < -0.3 is 14.8 Å². The molecule has 0 atom stereocenters. The van der Waals surface area contributed by atoms with Crippen LogP contribution >= 0.6 is 11.6 Å². The van der Waals surface area contributed by atoms with Crippen LogP contribution in [0.5, 0.6) is 11.5 Å². The first-order chi connectivity index (χ1) is 11.5. The normalized spacial score (nSPS) is 10.5. The number of ether oxygens (including phenoxy) is 2. The molecule has 1 N–H and O–H groups in total. The standard InChI is InChI=1S/C17H19ClN2O4/c1-23-16-6-3-12(9-17(16)24-2)7-8-19-11-13-10-14(20(21)22)4-5-15(13)18/h3-6,9-10,19H,7-8,11H2,1-2H3. The van der Waals surface area contributed by atoms with Crippen molar-refractivity contribution in [3.05, 3.63) is 62.7 Å². The zero-order valence-electron chi connectivity index (χ0n) is 13.5. The molecular formula is C17H19ClN2O4. The lowest BCUT2D eigenvalue weighted by atomic mass is 10.1. The van der Waals surface area contributed by atoms with Crippen molar-refractivity contribution in [3.8, 4) is 11.5 Å². The van der Waals surface area contributed by atoms with E-state index in [0.717, 1.165) is 12.0 Å². The molecule has 0 spiro atoms. The molecule has 0 saturated heterocycles. The fourth-order valence-corrected chi connectivity index (χ4v) is 2.49. The molecule has 0 aliphatic carbocycles. The van der Waals surface area contributed by atoms with Gasteiger partial charge in [-0.1, -0.05) is 17.7 Å². The number of nitro benzene ring substituents is 1. The molecule has 128 valence electrons. The summed E-state index contributed by atoms with van der Waals surface area (Å²) in [5.74, 6) is 1.38. The maximum atomic E-state index is 10.8. The zero-order valence-corrected chi connectivity index (χ0v) is 14.3. The third-order valence-electron chi connectivity index (χ3n) is 3.59. The Kier molecular flexibility index (Phi) is 6.40. The number of hydrogen-bond acceptors (Lipinski definition) is 5. The Labute approximate surface area is 145 Å². The Morgan fingerprint density at radius 1 is 1.12 bits per heavy atom. The number of nitrogens with zero attached hydrogens (tertiary/aromatic N) is 1. The highest BCUT2D eigenvalue weighted by atomic mass is 35.5. The molecule has 6 nitrogen and oxygen atoms in total. The number of hydrogen-bond donors (Lipinski definition) is 1. The summed E-state index contributed by atoms with van der Waals surface area (Å²) in [4.78, 5) is 10.4. The van der Waals surface area contributed by atoms with Crippen molar-refractivity contribution in [2.75, 3.05) is 20.8 Å². The summed E-state index contributed by atoms with van der Waals surface area (Å²) in [5, 5.41) is 14.6. The van der Waals surface area contributed by atoms with E-state index < -0.39 is 4.92 Å². The van der Waals surface area contributed by atoms with Gasteiger partial charge in [0.15, 0.2) is 11.5 Å². The highest BCUT2D eigenvalue weighted by Gasteiger charge is 2.09. The van der Waals surface area contributed by atoms with Gasteiger partial charge in [0.2, 0.25) is 0 Å². The van der Waals surface area contributed by atoms with Crippen LogP contribution in [0.4, 0.5) is 5.69 Å². The molecule has 0 aliphatic heterocycles. The third kappa shape index (κ3) is 4.59. The highest BCUT2D eigenvalue weighted by Crippen LogP contribution is 2.27. The number of rotatable bonds is 8. The van der Waals surface area contributed by atoms with E-state index in [1.165, 1.54) is 12.1 Å². The second-order valence-corrected chi connectivity index (χ2v) is 5.56. The van der Waals surface area contributed by atoms with Crippen molar-refractivity contribution < 1.29 is 14.4 Å². The van der Waals surface area contributed by atoms with Crippen LogP contribution in [0, 0.1) is 10.1 Å². The van der Waals surface area contributed by atoms with Gasteiger partial charge in [0.1, 0.15) is 0 Å². The Morgan fingerprint density at radius 3 is 2.54 bits per heavy atom. The maximum Gasteiger partial charge on any atom is 0.269 e. The van der Waals surface area contributed by atoms with Gasteiger partial charge in [-0.15, -0.1) is 0 Å². The largest absolute Gasteiger partial charge is 0.493 e. The van der Waals surface area contributed by atoms with Crippen LogP contribution in [-0.4, -0.2) is 25.7 Å². The van der Waals surface area contributed by atoms with E-state index in [4.69, 9.17) is 21.1 Å². The summed E-state index contributed by atoms with van der Waals surface area (Å²) in [7, 11) is 3.20. The van der Waals surface area contributed by atoms with Crippen LogP contribution in [0.2, 0.25) is 5.02 Å². The van der Waals surface area contributed by atoms with E-state index in [1.54, 1.807) is 20.3 Å². The molecular weight excluding hydrogens is 332 g/mol. The van der Waals surface area contributed by atoms with Crippen molar-refractivity contribution in [2.24, 2.45) is 0 Å². The minimum absolute atomic E-state index is 0.0380. The molecule has 0 aromatic heterocycles. The first-order valence-electron chi connectivity index (χ1n) is 7.39. The third-order valence-corrected chi connectivity index (χ3v) is 3.96. The van der Waals surface area contributed by atoms with Crippen LogP contribution in [0.25, 0.3) is 0 Å². The average Bonchev–Trinajstić information content (AvgIpc) is 2.59. The lowest BCUT2D eigenvalue weighted by Gasteiger charge is -2.10. The summed E-state index contributed by atoms with van der Waals surface area (Å²) >= 11 is 6.08. The molecule has 0 saturated carbocycles. The van der Waals surface area contributed by atoms with Crippen molar-refractivity contribution in [3.63, 3.8) is 0 Å². The molecule has 0 amide bonds. The van der Waals surface area contributed by atoms with Crippen LogP contribution in [-0.2, 0) is 13.0 Å². The lowest BCUT2D eigenvalue weighted by Crippen LogP contribution is -2.17. The fourth-order valence-electron chi connectivity index (χ4n) is 2.30. The highest BCUT2D eigenvalue weighted by molar-refractivity contribution is 6.31. The smallest absolute Gasteiger partial charge is 0.269 e. The van der Waals surface area contributed by atoms with E-state index in [1.807, 2.05) is 18.2 Å². The SMILES string of the molecule is COc1ccc(CCNCc2cc([N+](=O)[O-])ccc2Cl)cc1OC. The molecule has 0 bridgehead atoms. The number of nitro groups is 1. The molecule has 0 radical (unpaired) electrons. The number of benzene rings is 2. The monoisotopic (exact) mass is 350 g/mol. The van der Waals surface area contributed by atoms with Crippen molar-refractivity contribution >= 4 is 17.3 Å². The first-order valence-corrected chi connectivity index (χ1v) is 7.77. The minimum Gasteiger partial charge on any atom is -0.493 e. The van der Waals surface area contributed by atoms with Gasteiger partial charge in [-0.3, -0.25) is 10.1 Å². The summed E-state index contributed by atoms with van der Waals surface area (Å²) in [5.41, 5.74) is 1.85. The van der Waals surface area contributed by atoms with Gasteiger partial charge >= 0.3 is 0 Å². The van der Waals surface area contributed by atoms with Gasteiger partial charge in [-0.25, -0.2) is 0 Å². The predicted octanol–water partition coefficient (Wildman–Crippen LogP) is 3.60. The molecule has 24 heavy (non-hydrogen) atoms. The van der Waals surface area contributed by atoms with Crippen LogP contribution in [0.15, 0.2) is 36.4 Å². The fraction of sp³-hybridized carbons (Fsp3) is 0.294. The maximum absolute atomic E-state index is 10.8. The van der Waals surface area contributed by atoms with Crippen LogP contribution in [0.1, 0.15) is 11.1 Å². The van der Waals surface area contributed by atoms with E-state index in [9.17, 15) is 10.1 Å². The van der Waals surface area contributed by atoms with Gasteiger partial charge in [0.05, 0.1) is 19.1 Å². The second-order valence-electron chi connectivity index (χ2n) is 5.15. The quantitative estimate of drug-likeness (QED) is 0.447. The van der Waals surface area contributed by atoms with Gasteiger partial charge in [-0.2, -0.15) is 0 Å². The van der Waals surface area contributed by atoms with E-state index in [-0.39, 0.29) is 5.69 Å². The zero-order chi connectivity index (χ0) is 17.5. The molecule has 0 heterocycles. The van der Waals surface area contributed by atoms with Crippen LogP contribution in [0.3, 0.4) is 0 Å². The Balaban J connectivity index is 1.91. The minimum atomic E-state index is -0.427. The number of halogens is 1. The van der Waals surface area contributed by atoms with Crippen molar-refractivity contribution in [2.45, 2.75) is 13.0 Å². The molecule has 0 unspecified atom stereocenters. The Hall–Kier alpha value is -2.31. The van der Waals surface area contributed by atoms with Crippen LogP contribution < -0.4 is 14.8 Å². The van der Waals surface area contributed by atoms with E-state index in [0.29, 0.717) is 35.2 Å².